The number of hydrogen-bond donors (Lipinski definition) is 0. The summed E-state index contributed by atoms with van der Waals surface area (Å²) in [5.41, 5.74) is 0. The van der Waals surface area contributed by atoms with Crippen molar-refractivity contribution in [2.24, 2.45) is 29.6 Å². The molecule has 0 N–H and O–H groups in total. The molecule has 0 aliphatic heterocycles. The predicted octanol–water partition coefficient (Wildman–Crippen LogP) is 8.60. The molecule has 0 saturated carbocycles. The van der Waals surface area contributed by atoms with E-state index in [0.717, 1.165) is 29.6 Å². The predicted molar refractivity (Wildman–Crippen MR) is 108 cm³/mol. The van der Waals surface area contributed by atoms with Gasteiger partial charge in [0.2, 0.25) is 0 Å². The second-order valence-electron chi connectivity index (χ2n) is 8.35. The van der Waals surface area contributed by atoms with Gasteiger partial charge in [-0.25, -0.2) is 0 Å². The average Bonchev–Trinajstić information content (AvgIpc) is 2.36. The van der Waals surface area contributed by atoms with E-state index in [1.54, 1.807) is 0 Å². The third-order valence-electron chi connectivity index (χ3n) is 4.38. The van der Waals surface area contributed by atoms with Crippen LogP contribution in [0.4, 0.5) is 0 Å². The molecule has 0 nitrogen and oxygen atoms in total. The van der Waals surface area contributed by atoms with Gasteiger partial charge >= 0.3 is 0 Å². The monoisotopic (exact) mass is 314 g/mol. The molecule has 0 spiro atoms. The van der Waals surface area contributed by atoms with Gasteiger partial charge < -0.3 is 0 Å². The Morgan fingerprint density at radius 1 is 0.545 bits per heavy atom. The molecule has 0 aromatic carbocycles. The zero-order chi connectivity index (χ0) is 16.8. The number of rotatable bonds is 10. The van der Waals surface area contributed by atoms with E-state index in [1.807, 2.05) is 0 Å². The molecule has 0 heterocycles. The lowest BCUT2D eigenvalue weighted by Crippen LogP contribution is -2.03. The zero-order valence-corrected chi connectivity index (χ0v) is 16.8. The normalized spacial score (nSPS) is 14.9. The first-order chi connectivity index (χ1) is 9.72. The largest absolute Gasteiger partial charge is 0.0776 e. The van der Waals surface area contributed by atoms with Gasteiger partial charge in [0.1, 0.15) is 0 Å². The minimum atomic E-state index is 0. The van der Waals surface area contributed by atoms with Gasteiger partial charge in [-0.2, -0.15) is 0 Å². The van der Waals surface area contributed by atoms with Gasteiger partial charge in [0.05, 0.1) is 0 Å². The van der Waals surface area contributed by atoms with Gasteiger partial charge in [0.25, 0.3) is 0 Å². The first-order valence-electron chi connectivity index (χ1n) is 9.72. The van der Waals surface area contributed by atoms with Crippen molar-refractivity contribution in [1.29, 1.82) is 0 Å². The topological polar surface area (TPSA) is 0 Å². The fraction of sp³-hybridized carbons (Fsp3) is 1.00. The lowest BCUT2D eigenvalue weighted by atomic mass is 9.90. The second-order valence-corrected chi connectivity index (χ2v) is 8.35. The molecule has 0 aliphatic carbocycles. The van der Waals surface area contributed by atoms with E-state index in [0.29, 0.717) is 0 Å². The maximum absolute atomic E-state index is 2.40. The highest BCUT2D eigenvalue weighted by Crippen LogP contribution is 2.21. The second kappa shape index (κ2) is 17.4. The zero-order valence-electron chi connectivity index (χ0n) is 16.8. The first kappa shape index (κ1) is 26.9. The summed E-state index contributed by atoms with van der Waals surface area (Å²) in [4.78, 5) is 0. The van der Waals surface area contributed by atoms with E-state index >= 15 is 0 Å². The summed E-state index contributed by atoms with van der Waals surface area (Å²) in [6.45, 7) is 20.9. The Morgan fingerprint density at radius 2 is 0.955 bits per heavy atom. The van der Waals surface area contributed by atoms with Crippen molar-refractivity contribution in [3.63, 3.8) is 0 Å². The molecule has 0 radical (unpaired) electrons. The van der Waals surface area contributed by atoms with Crippen LogP contribution in [0.2, 0.25) is 0 Å². The van der Waals surface area contributed by atoms with Crippen molar-refractivity contribution in [2.45, 2.75) is 115 Å². The standard InChI is InChI=1S/C13H28.C8H18.CH4/c1-6-7-12(4)8-9-13(5)10-11(2)3;1-5-8(4)6-7(2)3;/h11-13H,6-10H2,1-5H3;7-8H,5-6H2,1-4H3;1H4. The summed E-state index contributed by atoms with van der Waals surface area (Å²) >= 11 is 0. The maximum Gasteiger partial charge on any atom is -0.0440 e. The van der Waals surface area contributed by atoms with Gasteiger partial charge in [-0.15, -0.1) is 0 Å². The Hall–Kier alpha value is 0. The minimum absolute atomic E-state index is 0. The third-order valence-corrected chi connectivity index (χ3v) is 4.38. The van der Waals surface area contributed by atoms with Crippen LogP contribution >= 0.6 is 0 Å². The number of hydrogen-bond acceptors (Lipinski definition) is 0. The summed E-state index contributed by atoms with van der Waals surface area (Å²) in [5, 5.41) is 0. The van der Waals surface area contributed by atoms with Crippen LogP contribution in [0.3, 0.4) is 0 Å². The molecule has 0 aromatic heterocycles. The SMILES string of the molecule is C.CCC(C)CC(C)C.CCCC(C)CCC(C)CC(C)C. The van der Waals surface area contributed by atoms with Crippen LogP contribution in [0.1, 0.15) is 115 Å². The summed E-state index contributed by atoms with van der Waals surface area (Å²) in [6.07, 6.45) is 9.74. The highest BCUT2D eigenvalue weighted by Gasteiger charge is 2.07. The lowest BCUT2D eigenvalue weighted by Gasteiger charge is -2.16. The molecule has 22 heavy (non-hydrogen) atoms. The molecule has 0 rings (SSSR count). The Kier molecular flexibility index (Phi) is 21.2. The lowest BCUT2D eigenvalue weighted by molar-refractivity contribution is 0.362. The van der Waals surface area contributed by atoms with Gasteiger partial charge in [0.15, 0.2) is 0 Å². The highest BCUT2D eigenvalue weighted by molar-refractivity contribution is 4.60. The maximum atomic E-state index is 2.40. The quantitative estimate of drug-likeness (QED) is 0.378. The Bertz CT molecular complexity index is 192. The van der Waals surface area contributed by atoms with Crippen LogP contribution in [0.25, 0.3) is 0 Å². The van der Waals surface area contributed by atoms with Crippen LogP contribution in [-0.2, 0) is 0 Å². The van der Waals surface area contributed by atoms with Crippen LogP contribution in [0.5, 0.6) is 0 Å². The van der Waals surface area contributed by atoms with Crippen molar-refractivity contribution in [2.75, 3.05) is 0 Å². The van der Waals surface area contributed by atoms with Crippen LogP contribution in [0, 0.1) is 29.6 Å². The smallest absolute Gasteiger partial charge is 0.0440 e. The van der Waals surface area contributed by atoms with Crippen molar-refractivity contribution in [1.82, 2.24) is 0 Å². The summed E-state index contributed by atoms with van der Waals surface area (Å²) in [6, 6.07) is 0. The van der Waals surface area contributed by atoms with Gasteiger partial charge in [-0.05, 0) is 42.4 Å². The fourth-order valence-electron chi connectivity index (χ4n) is 3.10. The molecular weight excluding hydrogens is 264 g/mol. The van der Waals surface area contributed by atoms with Crippen molar-refractivity contribution < 1.29 is 0 Å². The third kappa shape index (κ3) is 22.3. The summed E-state index contributed by atoms with van der Waals surface area (Å²) < 4.78 is 0. The molecule has 0 aliphatic rings. The van der Waals surface area contributed by atoms with Gasteiger partial charge in [0, 0.05) is 0 Å². The van der Waals surface area contributed by atoms with E-state index in [2.05, 4.69) is 62.3 Å². The summed E-state index contributed by atoms with van der Waals surface area (Å²) in [5.74, 6) is 4.55. The van der Waals surface area contributed by atoms with Crippen molar-refractivity contribution in [3.8, 4) is 0 Å². The Labute approximate surface area is 144 Å². The molecular formula is C22H50. The average molecular weight is 315 g/mol. The van der Waals surface area contributed by atoms with Gasteiger partial charge in [-0.1, -0.05) is 102 Å². The Balaban J connectivity index is -0.000000348. The molecule has 0 saturated heterocycles. The highest BCUT2D eigenvalue weighted by atomic mass is 14.1. The molecule has 0 aromatic rings. The van der Waals surface area contributed by atoms with Crippen LogP contribution in [-0.4, -0.2) is 0 Å². The molecule has 3 unspecified atom stereocenters. The van der Waals surface area contributed by atoms with E-state index in [1.165, 1.54) is 44.9 Å². The molecule has 0 amide bonds. The first-order valence-corrected chi connectivity index (χ1v) is 9.72. The molecule has 0 bridgehead atoms. The van der Waals surface area contributed by atoms with E-state index in [9.17, 15) is 0 Å². The van der Waals surface area contributed by atoms with Crippen molar-refractivity contribution >= 4 is 0 Å². The van der Waals surface area contributed by atoms with Gasteiger partial charge in [-0.3, -0.25) is 0 Å². The van der Waals surface area contributed by atoms with E-state index in [-0.39, 0.29) is 7.43 Å². The van der Waals surface area contributed by atoms with Crippen LogP contribution in [0.15, 0.2) is 0 Å². The fourth-order valence-corrected chi connectivity index (χ4v) is 3.10. The van der Waals surface area contributed by atoms with E-state index in [4.69, 9.17) is 0 Å². The Morgan fingerprint density at radius 3 is 1.27 bits per heavy atom. The molecule has 0 heteroatoms. The minimum Gasteiger partial charge on any atom is -0.0776 e. The molecule has 0 fully saturated rings. The molecule has 138 valence electrons. The van der Waals surface area contributed by atoms with Crippen molar-refractivity contribution in [3.05, 3.63) is 0 Å². The van der Waals surface area contributed by atoms with E-state index < -0.39 is 0 Å². The molecule has 3 atom stereocenters. The van der Waals surface area contributed by atoms with Crippen LogP contribution < -0.4 is 0 Å². The summed E-state index contributed by atoms with van der Waals surface area (Å²) in [7, 11) is 0.